The van der Waals surface area contributed by atoms with Crippen molar-refractivity contribution in [3.8, 4) is 11.3 Å². The van der Waals surface area contributed by atoms with Crippen LogP contribution in [0.2, 0.25) is 0 Å². The Morgan fingerprint density at radius 1 is 1.06 bits per heavy atom. The van der Waals surface area contributed by atoms with Crippen LogP contribution < -0.4 is 0 Å². The minimum atomic E-state index is 0.0135. The van der Waals surface area contributed by atoms with Crippen molar-refractivity contribution in [2.45, 2.75) is 81.6 Å². The second-order valence-corrected chi connectivity index (χ2v) is 9.37. The van der Waals surface area contributed by atoms with Crippen molar-refractivity contribution in [3.63, 3.8) is 0 Å². The van der Waals surface area contributed by atoms with Crippen LogP contribution in [0, 0.1) is 18.3 Å². The lowest BCUT2D eigenvalue weighted by Crippen LogP contribution is -2.06. The van der Waals surface area contributed by atoms with Crippen molar-refractivity contribution in [1.82, 2.24) is 9.97 Å². The van der Waals surface area contributed by atoms with Crippen molar-refractivity contribution in [1.29, 1.82) is 0 Å². The van der Waals surface area contributed by atoms with Crippen LogP contribution >= 0.6 is 0 Å². The molecule has 0 aliphatic rings. The Morgan fingerprint density at radius 3 is 2.17 bits per heavy atom. The van der Waals surface area contributed by atoms with Crippen LogP contribution in [-0.2, 0) is 6.42 Å². The summed E-state index contributed by atoms with van der Waals surface area (Å²) in [6.07, 6.45) is 13.5. The topological polar surface area (TPSA) is 25.8 Å². The summed E-state index contributed by atoms with van der Waals surface area (Å²) in [7, 11) is 0. The number of allylic oxidation sites excluding steroid dienone is 5. The van der Waals surface area contributed by atoms with Gasteiger partial charge in [-0.15, -0.1) is 26.3 Å². The van der Waals surface area contributed by atoms with Gasteiger partial charge in [0.15, 0.2) is 0 Å². The summed E-state index contributed by atoms with van der Waals surface area (Å²) in [5.41, 5.74) is 7.70. The van der Waals surface area contributed by atoms with Gasteiger partial charge in [-0.3, -0.25) is 4.98 Å². The predicted molar refractivity (Wildman–Crippen MR) is 165 cm³/mol. The van der Waals surface area contributed by atoms with E-state index in [1.807, 2.05) is 39.2 Å². The van der Waals surface area contributed by atoms with Gasteiger partial charge in [-0.2, -0.15) is 0 Å². The molecule has 2 nitrogen and oxygen atoms in total. The van der Waals surface area contributed by atoms with Crippen LogP contribution in [0.4, 0.5) is 0 Å². The van der Waals surface area contributed by atoms with Gasteiger partial charge in [-0.1, -0.05) is 91.8 Å². The van der Waals surface area contributed by atoms with Crippen LogP contribution in [0.25, 0.3) is 16.8 Å². The number of aryl methyl sites for hydroxylation is 2. The highest BCUT2D eigenvalue weighted by Gasteiger charge is 2.15. The van der Waals surface area contributed by atoms with Crippen molar-refractivity contribution in [2.24, 2.45) is 11.3 Å². The highest BCUT2D eigenvalue weighted by molar-refractivity contribution is 5.75. The number of hydrogen-bond acceptors (Lipinski definition) is 2. The maximum absolute atomic E-state index is 4.95. The quantitative estimate of drug-likeness (QED) is 0.273. The Kier molecular flexibility index (Phi) is 18.8. The standard InChI is InChI=1S/C28H38N2.C2H6.2C2H4/c1-9-11-24(17-22(5)28(6,7)8)26-18-29-19-27(30-26)25-15-14-23(16-21(25)4)13-12-20(3)10-2;3*1-2/h9,11,14-20H,5,10,12-13H2,1-4,6-8H3;1-2H3;2*1-2H2/b11-9-,24-17+;;;. The molecule has 1 atom stereocenters. The van der Waals surface area contributed by atoms with Gasteiger partial charge in [0.2, 0.25) is 0 Å². The first-order valence-electron chi connectivity index (χ1n) is 13.1. The molecule has 2 rings (SSSR count). The van der Waals surface area contributed by atoms with Crippen molar-refractivity contribution >= 4 is 5.57 Å². The van der Waals surface area contributed by atoms with Crippen LogP contribution in [0.1, 0.15) is 85.1 Å². The van der Waals surface area contributed by atoms with Gasteiger partial charge in [-0.05, 0) is 60.8 Å². The maximum Gasteiger partial charge on any atom is 0.0895 e. The largest absolute Gasteiger partial charge is 0.260 e. The van der Waals surface area contributed by atoms with Gasteiger partial charge in [0.25, 0.3) is 0 Å². The average molecular weight is 489 g/mol. The summed E-state index contributed by atoms with van der Waals surface area (Å²) in [6.45, 7) is 35.6. The van der Waals surface area contributed by atoms with Crippen LogP contribution in [0.3, 0.4) is 0 Å². The zero-order chi connectivity index (χ0) is 28.3. The molecular formula is C34H52N2. The SMILES string of the molecule is C=C.C=C.C=C(/C=C(\C=C/C)c1cncc(-c2ccc(CCC(C)CC)cc2C)n1)C(C)(C)C.CC. The minimum Gasteiger partial charge on any atom is -0.260 e. The molecule has 0 spiro atoms. The minimum absolute atomic E-state index is 0.0135. The molecule has 2 aromatic rings. The van der Waals surface area contributed by atoms with Crippen LogP contribution in [-0.4, -0.2) is 9.97 Å². The molecule has 0 radical (unpaired) electrons. The molecule has 1 aromatic carbocycles. The second-order valence-electron chi connectivity index (χ2n) is 9.37. The van der Waals surface area contributed by atoms with E-state index in [2.05, 4.69) is 110 Å². The third-order valence-electron chi connectivity index (χ3n) is 5.76. The summed E-state index contributed by atoms with van der Waals surface area (Å²) in [6, 6.07) is 6.74. The molecule has 1 unspecified atom stereocenters. The lowest BCUT2D eigenvalue weighted by Gasteiger charge is -2.19. The Hall–Kier alpha value is -3.00. The summed E-state index contributed by atoms with van der Waals surface area (Å²) >= 11 is 0. The van der Waals surface area contributed by atoms with Crippen LogP contribution in [0.15, 0.2) is 87.3 Å². The summed E-state index contributed by atoms with van der Waals surface area (Å²) in [4.78, 5) is 9.45. The normalized spacial score (nSPS) is 11.8. The molecule has 0 saturated carbocycles. The van der Waals surface area contributed by atoms with E-state index in [-0.39, 0.29) is 5.41 Å². The first-order chi connectivity index (χ1) is 17.2. The summed E-state index contributed by atoms with van der Waals surface area (Å²) in [5, 5.41) is 0. The molecule has 0 aliphatic heterocycles. The molecule has 36 heavy (non-hydrogen) atoms. The number of hydrogen-bond donors (Lipinski definition) is 0. The molecule has 1 heterocycles. The van der Waals surface area contributed by atoms with E-state index in [4.69, 9.17) is 4.98 Å². The fraction of sp³-hybridized carbons (Fsp3) is 0.412. The van der Waals surface area contributed by atoms with Gasteiger partial charge < -0.3 is 0 Å². The first kappa shape index (κ1) is 35.2. The summed E-state index contributed by atoms with van der Waals surface area (Å²) < 4.78 is 0. The van der Waals surface area contributed by atoms with Gasteiger partial charge in [0, 0.05) is 11.1 Å². The molecule has 1 aromatic heterocycles. The van der Waals surface area contributed by atoms with Crippen molar-refractivity contribution < 1.29 is 0 Å². The maximum atomic E-state index is 4.95. The third-order valence-corrected chi connectivity index (χ3v) is 5.76. The molecule has 0 aliphatic carbocycles. The summed E-state index contributed by atoms with van der Waals surface area (Å²) in [5.74, 6) is 0.771. The zero-order valence-electron chi connectivity index (χ0n) is 24.7. The van der Waals surface area contributed by atoms with E-state index in [9.17, 15) is 0 Å². The monoisotopic (exact) mass is 488 g/mol. The Balaban J connectivity index is 0. The molecule has 0 N–H and O–H groups in total. The Bertz CT molecular complexity index is 955. The Morgan fingerprint density at radius 2 is 1.67 bits per heavy atom. The lowest BCUT2D eigenvalue weighted by atomic mass is 9.86. The Labute approximate surface area is 223 Å². The van der Waals surface area contributed by atoms with E-state index < -0.39 is 0 Å². The van der Waals surface area contributed by atoms with Crippen molar-refractivity contribution in [3.05, 3.63) is 104 Å². The predicted octanol–water partition coefficient (Wildman–Crippen LogP) is 10.6. The molecular weight excluding hydrogens is 436 g/mol. The molecule has 0 fully saturated rings. The zero-order valence-corrected chi connectivity index (χ0v) is 24.7. The van der Waals surface area contributed by atoms with Gasteiger partial charge >= 0.3 is 0 Å². The third kappa shape index (κ3) is 12.1. The van der Waals surface area contributed by atoms with Gasteiger partial charge in [0.1, 0.15) is 0 Å². The highest BCUT2D eigenvalue weighted by atomic mass is 14.8. The van der Waals surface area contributed by atoms with Crippen molar-refractivity contribution in [2.75, 3.05) is 0 Å². The fourth-order valence-corrected chi connectivity index (χ4v) is 3.21. The molecule has 0 amide bonds. The molecule has 0 saturated heterocycles. The van der Waals surface area contributed by atoms with Crippen LogP contribution in [0.5, 0.6) is 0 Å². The number of rotatable bonds is 8. The second kappa shape index (κ2) is 19.2. The van der Waals surface area contributed by atoms with Gasteiger partial charge in [-0.25, -0.2) is 4.98 Å². The van der Waals surface area contributed by atoms with E-state index in [0.717, 1.165) is 40.4 Å². The lowest BCUT2D eigenvalue weighted by molar-refractivity contribution is 0.516. The smallest absolute Gasteiger partial charge is 0.0895 e. The van der Waals surface area contributed by atoms with E-state index in [1.54, 1.807) is 0 Å². The average Bonchev–Trinajstić information content (AvgIpc) is 2.90. The van der Waals surface area contributed by atoms with E-state index in [0.29, 0.717) is 0 Å². The fourth-order valence-electron chi connectivity index (χ4n) is 3.21. The van der Waals surface area contributed by atoms with E-state index >= 15 is 0 Å². The number of nitrogens with zero attached hydrogens (tertiary/aromatic N) is 2. The molecule has 2 heteroatoms. The van der Waals surface area contributed by atoms with Gasteiger partial charge in [0.05, 0.1) is 23.8 Å². The first-order valence-corrected chi connectivity index (χ1v) is 13.1. The molecule has 198 valence electrons. The number of aromatic nitrogens is 2. The van der Waals surface area contributed by atoms with E-state index in [1.165, 1.54) is 24.0 Å². The highest BCUT2D eigenvalue weighted by Crippen LogP contribution is 2.29. The number of benzene rings is 1. The molecule has 0 bridgehead atoms.